The Labute approximate surface area is 105 Å². The average Bonchev–Trinajstić information content (AvgIpc) is 2.25. The highest BCUT2D eigenvalue weighted by Gasteiger charge is 2.15. The molecule has 1 aromatic rings. The number of halogens is 1. The van der Waals surface area contributed by atoms with Crippen LogP contribution in [0, 0.1) is 5.92 Å². The van der Waals surface area contributed by atoms with Crippen LogP contribution in [0.3, 0.4) is 0 Å². The van der Waals surface area contributed by atoms with Gasteiger partial charge in [0.2, 0.25) is 0 Å². The lowest BCUT2D eigenvalue weighted by Crippen LogP contribution is -2.23. The summed E-state index contributed by atoms with van der Waals surface area (Å²) in [4.78, 5) is 1.29. The second-order valence-corrected chi connectivity index (χ2v) is 5.96. The molecule has 84 valence electrons. The van der Waals surface area contributed by atoms with Crippen LogP contribution in [0.1, 0.15) is 20.3 Å². The smallest absolute Gasteiger partial charge is 0.0243 e. The number of rotatable bonds is 5. The van der Waals surface area contributed by atoms with Crippen LogP contribution in [0.4, 0.5) is 0 Å². The molecule has 0 saturated heterocycles. The van der Waals surface area contributed by atoms with Gasteiger partial charge in [0.25, 0.3) is 0 Å². The maximum atomic E-state index is 5.80. The summed E-state index contributed by atoms with van der Waals surface area (Å²) in [5.41, 5.74) is 5.80. The van der Waals surface area contributed by atoms with Crippen molar-refractivity contribution >= 4 is 27.7 Å². The maximum Gasteiger partial charge on any atom is 0.0243 e. The van der Waals surface area contributed by atoms with Crippen molar-refractivity contribution in [2.24, 2.45) is 11.7 Å². The van der Waals surface area contributed by atoms with Gasteiger partial charge in [-0.05, 0) is 24.1 Å². The number of hydrogen-bond donors (Lipinski definition) is 1. The zero-order valence-electron chi connectivity index (χ0n) is 9.24. The Morgan fingerprint density at radius 1 is 1.47 bits per heavy atom. The molecule has 1 rings (SSSR count). The van der Waals surface area contributed by atoms with Crippen molar-refractivity contribution in [1.29, 1.82) is 0 Å². The standard InChI is InChI=1S/C12H18BrNS/c1-3-9(2)12(8-14)15-11-6-4-5-10(13)7-11/h4-7,9,12H,3,8,14H2,1-2H3. The van der Waals surface area contributed by atoms with E-state index in [-0.39, 0.29) is 0 Å². The van der Waals surface area contributed by atoms with Crippen molar-refractivity contribution in [2.45, 2.75) is 30.4 Å². The molecule has 0 saturated carbocycles. The molecular formula is C12H18BrNS. The lowest BCUT2D eigenvalue weighted by Gasteiger charge is -2.20. The molecule has 0 aliphatic rings. The Kier molecular flexibility index (Phi) is 5.72. The van der Waals surface area contributed by atoms with Crippen LogP contribution in [-0.2, 0) is 0 Å². The fourth-order valence-electron chi connectivity index (χ4n) is 1.37. The number of hydrogen-bond acceptors (Lipinski definition) is 2. The highest BCUT2D eigenvalue weighted by molar-refractivity contribution is 9.10. The second-order valence-electron chi connectivity index (χ2n) is 3.73. The third-order valence-corrected chi connectivity index (χ3v) is 4.57. The van der Waals surface area contributed by atoms with Gasteiger partial charge in [-0.2, -0.15) is 0 Å². The third kappa shape index (κ3) is 4.17. The summed E-state index contributed by atoms with van der Waals surface area (Å²) in [7, 11) is 0. The molecule has 1 nitrogen and oxygen atoms in total. The molecule has 1 aromatic carbocycles. The zero-order valence-corrected chi connectivity index (χ0v) is 11.6. The normalized spacial score (nSPS) is 14.9. The molecule has 2 atom stereocenters. The molecule has 15 heavy (non-hydrogen) atoms. The molecule has 0 fully saturated rings. The van der Waals surface area contributed by atoms with E-state index in [9.17, 15) is 0 Å². The van der Waals surface area contributed by atoms with Gasteiger partial charge in [0, 0.05) is 21.2 Å². The summed E-state index contributed by atoms with van der Waals surface area (Å²) in [5, 5.41) is 0.518. The highest BCUT2D eigenvalue weighted by Crippen LogP contribution is 2.30. The van der Waals surface area contributed by atoms with Gasteiger partial charge in [-0.3, -0.25) is 0 Å². The van der Waals surface area contributed by atoms with E-state index in [0.717, 1.165) is 11.0 Å². The van der Waals surface area contributed by atoms with Gasteiger partial charge in [0.05, 0.1) is 0 Å². The quantitative estimate of drug-likeness (QED) is 0.831. The van der Waals surface area contributed by atoms with E-state index in [0.29, 0.717) is 11.2 Å². The van der Waals surface area contributed by atoms with Gasteiger partial charge < -0.3 is 5.73 Å². The maximum absolute atomic E-state index is 5.80. The molecule has 3 heteroatoms. The molecule has 0 bridgehead atoms. The minimum atomic E-state index is 0.518. The van der Waals surface area contributed by atoms with E-state index in [1.165, 1.54) is 11.3 Å². The monoisotopic (exact) mass is 287 g/mol. The van der Waals surface area contributed by atoms with Crippen LogP contribution in [0.5, 0.6) is 0 Å². The minimum absolute atomic E-state index is 0.518. The van der Waals surface area contributed by atoms with Crippen LogP contribution in [0.25, 0.3) is 0 Å². The zero-order chi connectivity index (χ0) is 11.3. The van der Waals surface area contributed by atoms with E-state index in [1.54, 1.807) is 0 Å². The van der Waals surface area contributed by atoms with Crippen LogP contribution < -0.4 is 5.73 Å². The minimum Gasteiger partial charge on any atom is -0.329 e. The molecule has 0 amide bonds. The number of benzene rings is 1. The Hall–Kier alpha value is 0.01000. The summed E-state index contributed by atoms with van der Waals surface area (Å²) in [5.74, 6) is 0.666. The number of thioether (sulfide) groups is 1. The predicted octanol–water partition coefficient (Wildman–Crippen LogP) is 3.91. The van der Waals surface area contributed by atoms with Gasteiger partial charge in [-0.25, -0.2) is 0 Å². The predicted molar refractivity (Wildman–Crippen MR) is 72.3 cm³/mol. The van der Waals surface area contributed by atoms with Crippen molar-refractivity contribution in [1.82, 2.24) is 0 Å². The molecule has 2 unspecified atom stereocenters. The van der Waals surface area contributed by atoms with Crippen molar-refractivity contribution in [3.63, 3.8) is 0 Å². The SMILES string of the molecule is CCC(C)C(CN)Sc1cccc(Br)c1. The highest BCUT2D eigenvalue weighted by atomic mass is 79.9. The lowest BCUT2D eigenvalue weighted by molar-refractivity contribution is 0.538. The fourth-order valence-corrected chi connectivity index (χ4v) is 3.15. The summed E-state index contributed by atoms with van der Waals surface area (Å²) < 4.78 is 1.13. The number of nitrogens with two attached hydrogens (primary N) is 1. The van der Waals surface area contributed by atoms with Gasteiger partial charge in [0.15, 0.2) is 0 Å². The van der Waals surface area contributed by atoms with Gasteiger partial charge in [-0.15, -0.1) is 11.8 Å². The van der Waals surface area contributed by atoms with Crippen LogP contribution in [0.2, 0.25) is 0 Å². The van der Waals surface area contributed by atoms with Gasteiger partial charge in [0.1, 0.15) is 0 Å². The molecule has 0 aliphatic heterocycles. The van der Waals surface area contributed by atoms with Crippen molar-refractivity contribution in [3.05, 3.63) is 28.7 Å². The fraction of sp³-hybridized carbons (Fsp3) is 0.500. The topological polar surface area (TPSA) is 26.0 Å². The molecule has 0 spiro atoms. The largest absolute Gasteiger partial charge is 0.329 e. The van der Waals surface area contributed by atoms with E-state index in [4.69, 9.17) is 5.73 Å². The summed E-state index contributed by atoms with van der Waals surface area (Å²) >= 11 is 5.36. The molecule has 2 N–H and O–H groups in total. The first-order chi connectivity index (χ1) is 7.17. The van der Waals surface area contributed by atoms with Gasteiger partial charge in [-0.1, -0.05) is 42.3 Å². The average molecular weight is 288 g/mol. The molecule has 0 aromatic heterocycles. The van der Waals surface area contributed by atoms with E-state index >= 15 is 0 Å². The third-order valence-electron chi connectivity index (χ3n) is 2.59. The Morgan fingerprint density at radius 2 is 2.20 bits per heavy atom. The van der Waals surface area contributed by atoms with Crippen molar-refractivity contribution in [3.8, 4) is 0 Å². The van der Waals surface area contributed by atoms with Crippen LogP contribution >= 0.6 is 27.7 Å². The van der Waals surface area contributed by atoms with E-state index in [2.05, 4.69) is 48.0 Å². The second kappa shape index (κ2) is 6.56. The molecule has 0 radical (unpaired) electrons. The Balaban J connectivity index is 2.66. The van der Waals surface area contributed by atoms with E-state index in [1.807, 2.05) is 17.8 Å². The first-order valence-corrected chi connectivity index (χ1v) is 6.97. The van der Waals surface area contributed by atoms with Crippen LogP contribution in [0.15, 0.2) is 33.6 Å². The lowest BCUT2D eigenvalue weighted by atomic mass is 10.1. The van der Waals surface area contributed by atoms with Crippen molar-refractivity contribution < 1.29 is 0 Å². The summed E-state index contributed by atoms with van der Waals surface area (Å²) in [6, 6.07) is 8.40. The molecule has 0 heterocycles. The molecule has 0 aliphatic carbocycles. The molecular weight excluding hydrogens is 270 g/mol. The first kappa shape index (κ1) is 13.1. The summed E-state index contributed by atoms with van der Waals surface area (Å²) in [6.45, 7) is 5.23. The van der Waals surface area contributed by atoms with Gasteiger partial charge >= 0.3 is 0 Å². The Bertz CT molecular complexity index is 303. The van der Waals surface area contributed by atoms with E-state index < -0.39 is 0 Å². The Morgan fingerprint density at radius 3 is 2.73 bits per heavy atom. The first-order valence-electron chi connectivity index (χ1n) is 5.29. The van der Waals surface area contributed by atoms with Crippen LogP contribution in [-0.4, -0.2) is 11.8 Å². The van der Waals surface area contributed by atoms with Crippen molar-refractivity contribution in [2.75, 3.05) is 6.54 Å². The summed E-state index contributed by atoms with van der Waals surface area (Å²) in [6.07, 6.45) is 1.18.